The van der Waals surface area contributed by atoms with E-state index in [1.807, 2.05) is 53.1 Å². The van der Waals surface area contributed by atoms with Crippen molar-refractivity contribution in [3.05, 3.63) is 48.5 Å². The van der Waals surface area contributed by atoms with Crippen molar-refractivity contribution in [1.82, 2.24) is 20.0 Å². The van der Waals surface area contributed by atoms with Gasteiger partial charge in [-0.3, -0.25) is 10.2 Å². The summed E-state index contributed by atoms with van der Waals surface area (Å²) in [6.45, 7) is 0.105. The molecule has 0 saturated heterocycles. The topological polar surface area (TPSA) is 85.8 Å². The van der Waals surface area contributed by atoms with Gasteiger partial charge in [-0.25, -0.2) is 15.8 Å². The van der Waals surface area contributed by atoms with Gasteiger partial charge in [-0.2, -0.15) is 0 Å². The summed E-state index contributed by atoms with van der Waals surface area (Å²) >= 11 is 0. The van der Waals surface area contributed by atoms with Crippen molar-refractivity contribution in [3.8, 4) is 0 Å². The van der Waals surface area contributed by atoms with E-state index in [0.29, 0.717) is 5.65 Å². The molecule has 0 unspecified atom stereocenters. The highest BCUT2D eigenvalue weighted by atomic mass is 16.2. The number of nitrogens with zero attached hydrogens (tertiary/aromatic N) is 3. The lowest BCUT2D eigenvalue weighted by atomic mass is 10.2. The zero-order chi connectivity index (χ0) is 15.1. The Labute approximate surface area is 125 Å². The van der Waals surface area contributed by atoms with E-state index in [2.05, 4.69) is 10.4 Å². The number of para-hydroxylation sites is 3. The van der Waals surface area contributed by atoms with Crippen molar-refractivity contribution in [1.29, 1.82) is 0 Å². The number of carbonyl (C=O) groups excluding carboxylic acids is 1. The molecule has 22 heavy (non-hydrogen) atoms. The van der Waals surface area contributed by atoms with Crippen molar-refractivity contribution in [3.63, 3.8) is 0 Å². The summed E-state index contributed by atoms with van der Waals surface area (Å²) in [7, 11) is 0. The fourth-order valence-electron chi connectivity index (χ4n) is 2.73. The van der Waals surface area contributed by atoms with Gasteiger partial charge in [0.15, 0.2) is 5.65 Å². The molecule has 0 atom stereocenters. The molecule has 3 N–H and O–H groups in total. The van der Waals surface area contributed by atoms with Crippen LogP contribution in [0, 0.1) is 0 Å². The lowest BCUT2D eigenvalue weighted by Crippen LogP contribution is -2.33. The van der Waals surface area contributed by atoms with Crippen LogP contribution in [0.2, 0.25) is 0 Å². The van der Waals surface area contributed by atoms with Crippen LogP contribution in [-0.2, 0) is 11.3 Å². The predicted octanol–water partition coefficient (Wildman–Crippen LogP) is 1.73. The molecule has 6 heteroatoms. The van der Waals surface area contributed by atoms with Crippen molar-refractivity contribution < 1.29 is 4.79 Å². The largest absolute Gasteiger partial charge is 0.314 e. The highest BCUT2D eigenvalue weighted by Gasteiger charge is 2.15. The standard InChI is InChI=1S/C16H13N5O/c17-20-14(22)9-21-13-8-4-1-5-10(13)15-16(21)19-12-7-3-2-6-11(12)18-15/h1-8H,9,17H2,(H,20,22). The zero-order valence-electron chi connectivity index (χ0n) is 11.7. The molecule has 0 aliphatic rings. The van der Waals surface area contributed by atoms with Crippen LogP contribution in [0.1, 0.15) is 0 Å². The SMILES string of the molecule is NNC(=O)Cn1c2ccccc2c2nc3ccccc3nc21. The third-order valence-electron chi connectivity index (χ3n) is 3.72. The highest BCUT2D eigenvalue weighted by Crippen LogP contribution is 2.27. The molecule has 0 saturated carbocycles. The van der Waals surface area contributed by atoms with Gasteiger partial charge >= 0.3 is 0 Å². The van der Waals surface area contributed by atoms with E-state index < -0.39 is 0 Å². The summed E-state index contributed by atoms with van der Waals surface area (Å²) in [6, 6.07) is 15.5. The molecule has 0 bridgehead atoms. The summed E-state index contributed by atoms with van der Waals surface area (Å²) in [6.07, 6.45) is 0. The minimum atomic E-state index is -0.280. The van der Waals surface area contributed by atoms with Crippen molar-refractivity contribution in [2.75, 3.05) is 0 Å². The normalized spacial score (nSPS) is 11.3. The molecule has 0 aliphatic carbocycles. The van der Waals surface area contributed by atoms with E-state index in [9.17, 15) is 4.79 Å². The van der Waals surface area contributed by atoms with Gasteiger partial charge in [-0.15, -0.1) is 0 Å². The minimum absolute atomic E-state index is 0.105. The van der Waals surface area contributed by atoms with Gasteiger partial charge in [0.05, 0.1) is 16.6 Å². The van der Waals surface area contributed by atoms with Crippen LogP contribution in [0.3, 0.4) is 0 Å². The number of carbonyl (C=O) groups is 1. The second-order valence-corrected chi connectivity index (χ2v) is 5.06. The molecule has 4 rings (SSSR count). The van der Waals surface area contributed by atoms with Gasteiger partial charge in [0, 0.05) is 5.39 Å². The number of rotatable bonds is 2. The Morgan fingerprint density at radius 1 is 1.05 bits per heavy atom. The first-order valence-electron chi connectivity index (χ1n) is 6.91. The van der Waals surface area contributed by atoms with Crippen LogP contribution in [0.15, 0.2) is 48.5 Å². The van der Waals surface area contributed by atoms with Gasteiger partial charge in [-0.05, 0) is 18.2 Å². The van der Waals surface area contributed by atoms with Crippen LogP contribution >= 0.6 is 0 Å². The minimum Gasteiger partial charge on any atom is -0.314 e. The highest BCUT2D eigenvalue weighted by molar-refractivity contribution is 6.07. The van der Waals surface area contributed by atoms with Crippen LogP contribution in [0.5, 0.6) is 0 Å². The van der Waals surface area contributed by atoms with Gasteiger partial charge in [0.2, 0.25) is 0 Å². The summed E-state index contributed by atoms with van der Waals surface area (Å²) in [5.41, 5.74) is 6.18. The first-order chi connectivity index (χ1) is 10.8. The molecule has 0 radical (unpaired) electrons. The molecule has 0 aliphatic heterocycles. The fraction of sp³-hybridized carbons (Fsp3) is 0.0625. The maximum atomic E-state index is 11.7. The quantitative estimate of drug-likeness (QED) is 0.334. The first-order valence-corrected chi connectivity index (χ1v) is 6.91. The average Bonchev–Trinajstić information content (AvgIpc) is 2.86. The third-order valence-corrected chi connectivity index (χ3v) is 3.72. The number of nitrogens with two attached hydrogens (primary N) is 1. The van der Waals surface area contributed by atoms with Gasteiger partial charge in [-0.1, -0.05) is 30.3 Å². The molecule has 108 valence electrons. The zero-order valence-corrected chi connectivity index (χ0v) is 11.7. The van der Waals surface area contributed by atoms with Crippen LogP contribution in [-0.4, -0.2) is 20.4 Å². The lowest BCUT2D eigenvalue weighted by Gasteiger charge is -2.05. The molecule has 0 fully saturated rings. The maximum absolute atomic E-state index is 11.7. The monoisotopic (exact) mass is 291 g/mol. The summed E-state index contributed by atoms with van der Waals surface area (Å²) in [4.78, 5) is 21.1. The van der Waals surface area contributed by atoms with Crippen molar-refractivity contribution in [2.45, 2.75) is 6.54 Å². The number of benzene rings is 2. The van der Waals surface area contributed by atoms with E-state index in [4.69, 9.17) is 10.8 Å². The average molecular weight is 291 g/mol. The summed E-state index contributed by atoms with van der Waals surface area (Å²) < 4.78 is 1.84. The Kier molecular flexibility index (Phi) is 2.77. The molecular formula is C16H13N5O. The Bertz CT molecular complexity index is 1020. The lowest BCUT2D eigenvalue weighted by molar-refractivity contribution is -0.121. The van der Waals surface area contributed by atoms with Gasteiger partial charge in [0.1, 0.15) is 12.1 Å². The van der Waals surface area contributed by atoms with Crippen LogP contribution in [0.25, 0.3) is 33.1 Å². The Morgan fingerprint density at radius 2 is 1.73 bits per heavy atom. The molecule has 2 aromatic heterocycles. The number of hydrogen-bond acceptors (Lipinski definition) is 4. The Hall–Kier alpha value is -2.99. The van der Waals surface area contributed by atoms with E-state index >= 15 is 0 Å². The van der Waals surface area contributed by atoms with Crippen LogP contribution in [0.4, 0.5) is 0 Å². The molecule has 2 aromatic carbocycles. The summed E-state index contributed by atoms with van der Waals surface area (Å²) in [5.74, 6) is 4.94. The van der Waals surface area contributed by atoms with E-state index in [0.717, 1.165) is 27.5 Å². The summed E-state index contributed by atoms with van der Waals surface area (Å²) in [5, 5.41) is 0.973. The third kappa shape index (κ3) is 1.82. The second kappa shape index (κ2) is 4.78. The van der Waals surface area contributed by atoms with Gasteiger partial charge in [0.25, 0.3) is 5.91 Å². The van der Waals surface area contributed by atoms with Crippen LogP contribution < -0.4 is 11.3 Å². The van der Waals surface area contributed by atoms with E-state index in [1.165, 1.54) is 0 Å². The predicted molar refractivity (Wildman–Crippen MR) is 84.9 cm³/mol. The van der Waals surface area contributed by atoms with E-state index in [-0.39, 0.29) is 12.5 Å². The molecular weight excluding hydrogens is 278 g/mol. The Balaban J connectivity index is 2.13. The smallest absolute Gasteiger partial charge is 0.253 e. The molecule has 2 heterocycles. The molecule has 4 aromatic rings. The number of nitrogens with one attached hydrogen (secondary N) is 1. The Morgan fingerprint density at radius 3 is 2.50 bits per heavy atom. The number of hydrazine groups is 1. The first kappa shape index (κ1) is 12.7. The number of hydrogen-bond donors (Lipinski definition) is 2. The number of fused-ring (bicyclic) bond motifs is 4. The van der Waals surface area contributed by atoms with Crippen molar-refractivity contribution in [2.24, 2.45) is 5.84 Å². The molecule has 1 amide bonds. The number of amides is 1. The van der Waals surface area contributed by atoms with E-state index in [1.54, 1.807) is 0 Å². The number of aromatic nitrogens is 3. The van der Waals surface area contributed by atoms with Crippen molar-refractivity contribution >= 4 is 39.0 Å². The fourth-order valence-corrected chi connectivity index (χ4v) is 2.73. The maximum Gasteiger partial charge on any atom is 0.253 e. The second-order valence-electron chi connectivity index (χ2n) is 5.06. The molecule has 0 spiro atoms. The van der Waals surface area contributed by atoms with Gasteiger partial charge < -0.3 is 4.57 Å². The molecule has 6 nitrogen and oxygen atoms in total.